The minimum absolute atomic E-state index is 0.147. The van der Waals surface area contributed by atoms with Crippen molar-refractivity contribution in [2.24, 2.45) is 16.2 Å². The molecule has 6 saturated heterocycles. The summed E-state index contributed by atoms with van der Waals surface area (Å²) in [6.07, 6.45) is 22.0. The maximum atomic E-state index is 12.2. The average Bonchev–Trinajstić information content (AvgIpc) is 3.22. The van der Waals surface area contributed by atoms with Crippen LogP contribution in [-0.4, -0.2) is 122 Å². The zero-order valence-corrected chi connectivity index (χ0v) is 37.4. The van der Waals surface area contributed by atoms with E-state index in [2.05, 4.69) is 54.7 Å². The molecule has 6 aliphatic rings. The first kappa shape index (κ1) is 44.9. The van der Waals surface area contributed by atoms with Crippen molar-refractivity contribution in [3.63, 3.8) is 0 Å². The highest BCUT2D eigenvalue weighted by Gasteiger charge is 2.40. The van der Waals surface area contributed by atoms with Gasteiger partial charge in [-0.1, -0.05) is 0 Å². The number of hydrogen-bond donors (Lipinski definition) is 2. The molecule has 12 heteroatoms. The van der Waals surface area contributed by atoms with E-state index in [0.717, 1.165) is 78.0 Å². The Morgan fingerprint density at radius 1 is 0.475 bits per heavy atom. The molecule has 328 valence electrons. The third-order valence-electron chi connectivity index (χ3n) is 14.0. The summed E-state index contributed by atoms with van der Waals surface area (Å²) in [7, 11) is 0. The number of pyridine rings is 2. The first-order valence-electron chi connectivity index (χ1n) is 22.8. The first-order valence-corrected chi connectivity index (χ1v) is 22.8. The first-order chi connectivity index (χ1) is 28.2. The second-order valence-electron chi connectivity index (χ2n) is 20.3. The molecule has 0 aliphatic carbocycles. The minimum Gasteiger partial charge on any atom is -0.444 e. The van der Waals surface area contributed by atoms with Crippen molar-refractivity contribution in [1.82, 2.24) is 30.4 Å². The molecule has 2 aromatic rings. The number of anilines is 2. The lowest BCUT2D eigenvalue weighted by Crippen LogP contribution is -2.49. The Hall–Kier alpha value is -3.64. The van der Waals surface area contributed by atoms with Crippen LogP contribution in [0.25, 0.3) is 0 Å². The van der Waals surface area contributed by atoms with Gasteiger partial charge in [0.1, 0.15) is 11.2 Å². The van der Waals surface area contributed by atoms with E-state index >= 15 is 0 Å². The summed E-state index contributed by atoms with van der Waals surface area (Å²) in [4.78, 5) is 41.1. The van der Waals surface area contributed by atoms with Gasteiger partial charge >= 0.3 is 12.2 Å². The summed E-state index contributed by atoms with van der Waals surface area (Å²) < 4.78 is 10.9. The van der Waals surface area contributed by atoms with E-state index in [1.165, 1.54) is 88.9 Å². The molecule has 0 unspecified atom stereocenters. The standard InChI is InChI=1S/C19H29N3O2.C14H21N3.C14H26N2O2/c1-18(2,3)24-17(23)22-14-8-19(9-15-22)6-12-21(13-7-19)16-4-10-20-11-5-16;1-7-15-8-2-13(1)17-11-5-14(6-12-17)3-9-16-10-4-14;1-13(2,3)18-12(17)16-10-6-14(7-11-16)4-8-15-9-5-14/h4-5,10-11H,6-9,12-15H2,1-3H3;1-2,7-8,16H,3-6,9-12H2;15H,4-11H2,1-3H3. The van der Waals surface area contributed by atoms with Gasteiger partial charge in [0.2, 0.25) is 0 Å². The number of amides is 2. The van der Waals surface area contributed by atoms with Gasteiger partial charge in [0.25, 0.3) is 0 Å². The number of carbonyl (C=O) groups excluding carboxylic acids is 2. The smallest absolute Gasteiger partial charge is 0.410 e. The van der Waals surface area contributed by atoms with E-state index in [9.17, 15) is 9.59 Å². The molecule has 6 aliphatic heterocycles. The minimum atomic E-state index is -0.415. The van der Waals surface area contributed by atoms with Crippen molar-refractivity contribution in [3.05, 3.63) is 49.1 Å². The largest absolute Gasteiger partial charge is 0.444 e. The van der Waals surface area contributed by atoms with Gasteiger partial charge in [-0.2, -0.15) is 0 Å². The molecule has 0 bridgehead atoms. The third kappa shape index (κ3) is 13.2. The van der Waals surface area contributed by atoms with Crippen molar-refractivity contribution >= 4 is 23.6 Å². The predicted octanol–water partition coefficient (Wildman–Crippen LogP) is 8.14. The molecule has 2 amide bonds. The van der Waals surface area contributed by atoms with E-state index in [1.807, 2.05) is 76.1 Å². The Bertz CT molecular complexity index is 1560. The van der Waals surface area contributed by atoms with Gasteiger partial charge in [-0.3, -0.25) is 9.97 Å². The fourth-order valence-electron chi connectivity index (χ4n) is 9.98. The number of nitrogens with one attached hydrogen (secondary N) is 2. The van der Waals surface area contributed by atoms with Crippen LogP contribution in [0.5, 0.6) is 0 Å². The van der Waals surface area contributed by atoms with E-state index in [0.29, 0.717) is 16.2 Å². The highest BCUT2D eigenvalue weighted by atomic mass is 16.6. The number of hydrogen-bond acceptors (Lipinski definition) is 10. The molecule has 8 heterocycles. The molecule has 0 aromatic carbocycles. The molecule has 2 aromatic heterocycles. The molecule has 6 fully saturated rings. The average molecular weight is 817 g/mol. The second kappa shape index (κ2) is 19.8. The third-order valence-corrected chi connectivity index (χ3v) is 14.0. The lowest BCUT2D eigenvalue weighted by molar-refractivity contribution is 0.00505. The molecule has 0 saturated carbocycles. The van der Waals surface area contributed by atoms with Gasteiger partial charge in [-0.15, -0.1) is 0 Å². The summed E-state index contributed by atoms with van der Waals surface area (Å²) in [5.41, 5.74) is 3.35. The zero-order chi connectivity index (χ0) is 42.0. The van der Waals surface area contributed by atoms with Gasteiger partial charge in [0.15, 0.2) is 0 Å². The number of piperidine rings is 6. The van der Waals surface area contributed by atoms with E-state index in [4.69, 9.17) is 9.47 Å². The van der Waals surface area contributed by atoms with Crippen LogP contribution >= 0.6 is 0 Å². The zero-order valence-electron chi connectivity index (χ0n) is 37.4. The normalized spacial score (nSPS) is 22.7. The van der Waals surface area contributed by atoms with Crippen LogP contribution in [0, 0.1) is 16.2 Å². The fourth-order valence-corrected chi connectivity index (χ4v) is 9.98. The van der Waals surface area contributed by atoms with Crippen LogP contribution in [0.15, 0.2) is 49.1 Å². The van der Waals surface area contributed by atoms with Crippen molar-refractivity contribution in [2.45, 2.75) is 130 Å². The van der Waals surface area contributed by atoms with Crippen LogP contribution in [0.4, 0.5) is 21.0 Å². The van der Waals surface area contributed by atoms with Crippen LogP contribution in [-0.2, 0) is 9.47 Å². The van der Waals surface area contributed by atoms with Crippen LogP contribution in [0.3, 0.4) is 0 Å². The summed E-state index contributed by atoms with van der Waals surface area (Å²) in [6, 6.07) is 8.42. The molecular weight excluding hydrogens is 741 g/mol. The lowest BCUT2D eigenvalue weighted by atomic mass is 9.71. The van der Waals surface area contributed by atoms with Gasteiger partial charge in [0, 0.05) is 88.5 Å². The van der Waals surface area contributed by atoms with Crippen LogP contribution in [0.1, 0.15) is 119 Å². The quantitative estimate of drug-likeness (QED) is 0.308. The Morgan fingerprint density at radius 2 is 0.746 bits per heavy atom. The molecular formula is C47H76N8O4. The van der Waals surface area contributed by atoms with Gasteiger partial charge in [0.05, 0.1) is 0 Å². The van der Waals surface area contributed by atoms with Crippen molar-refractivity contribution < 1.29 is 19.1 Å². The van der Waals surface area contributed by atoms with Gasteiger partial charge in [-0.05, 0) is 185 Å². The second-order valence-corrected chi connectivity index (χ2v) is 20.3. The fraction of sp³-hybridized carbons (Fsp3) is 0.745. The Balaban J connectivity index is 0.000000152. The highest BCUT2D eigenvalue weighted by molar-refractivity contribution is 5.68. The maximum Gasteiger partial charge on any atom is 0.410 e. The number of nitrogens with zero attached hydrogens (tertiary/aromatic N) is 6. The van der Waals surface area contributed by atoms with Crippen LogP contribution in [0.2, 0.25) is 0 Å². The summed E-state index contributed by atoms with van der Waals surface area (Å²) in [5, 5.41) is 6.89. The molecule has 12 nitrogen and oxygen atoms in total. The molecule has 8 rings (SSSR count). The molecule has 0 radical (unpaired) electrons. The molecule has 0 atom stereocenters. The molecule has 3 spiro atoms. The molecule has 2 N–H and O–H groups in total. The topological polar surface area (TPSA) is 115 Å². The molecule has 59 heavy (non-hydrogen) atoms. The number of ether oxygens (including phenoxy) is 2. The summed E-state index contributed by atoms with van der Waals surface area (Å²) in [5.74, 6) is 0. The Morgan fingerprint density at radius 3 is 1.03 bits per heavy atom. The number of carbonyl (C=O) groups is 2. The summed E-state index contributed by atoms with van der Waals surface area (Å²) in [6.45, 7) is 24.2. The predicted molar refractivity (Wildman–Crippen MR) is 237 cm³/mol. The van der Waals surface area contributed by atoms with Crippen LogP contribution < -0.4 is 20.4 Å². The van der Waals surface area contributed by atoms with E-state index in [-0.39, 0.29) is 17.8 Å². The Kier molecular flexibility index (Phi) is 15.1. The maximum absolute atomic E-state index is 12.2. The highest BCUT2D eigenvalue weighted by Crippen LogP contribution is 2.43. The number of likely N-dealkylation sites (tertiary alicyclic amines) is 2. The monoisotopic (exact) mass is 817 g/mol. The number of rotatable bonds is 2. The number of aromatic nitrogens is 2. The van der Waals surface area contributed by atoms with Crippen molar-refractivity contribution in [1.29, 1.82) is 0 Å². The van der Waals surface area contributed by atoms with Gasteiger partial charge < -0.3 is 39.7 Å². The lowest BCUT2D eigenvalue weighted by Gasteiger charge is -2.47. The van der Waals surface area contributed by atoms with E-state index < -0.39 is 5.60 Å². The van der Waals surface area contributed by atoms with Gasteiger partial charge in [-0.25, -0.2) is 9.59 Å². The van der Waals surface area contributed by atoms with E-state index in [1.54, 1.807) is 0 Å². The Labute approximate surface area is 355 Å². The van der Waals surface area contributed by atoms with Crippen molar-refractivity contribution in [3.8, 4) is 0 Å². The summed E-state index contributed by atoms with van der Waals surface area (Å²) >= 11 is 0. The van der Waals surface area contributed by atoms with Crippen molar-refractivity contribution in [2.75, 3.05) is 88.3 Å². The SMILES string of the molecule is CC(C)(C)OC(=O)N1CCC2(CC1)CCN(c1ccncc1)CC2.CC(C)(C)OC(=O)N1CCC2(CCNCC2)CC1.c1cc(N2CCC3(CCNCC3)CC2)ccn1.